The van der Waals surface area contributed by atoms with Crippen molar-refractivity contribution in [2.45, 2.75) is 18.9 Å². The van der Waals surface area contributed by atoms with E-state index in [4.69, 9.17) is 10.8 Å². The molecular weight excluding hydrogens is 278 g/mol. The fourth-order valence-electron chi connectivity index (χ4n) is 1.58. The summed E-state index contributed by atoms with van der Waals surface area (Å²) in [6.45, 7) is 0. The second-order valence-electron chi connectivity index (χ2n) is 4.42. The minimum atomic E-state index is -1.25. The van der Waals surface area contributed by atoms with Gasteiger partial charge in [-0.1, -0.05) is 0 Å². The van der Waals surface area contributed by atoms with E-state index < -0.39 is 23.9 Å². The number of urea groups is 1. The molecule has 0 aliphatic carbocycles. The van der Waals surface area contributed by atoms with Gasteiger partial charge in [-0.05, 0) is 30.7 Å². The van der Waals surface area contributed by atoms with Gasteiger partial charge in [0.1, 0.15) is 11.8 Å². The van der Waals surface area contributed by atoms with Crippen LogP contribution < -0.4 is 16.0 Å². The van der Waals surface area contributed by atoms with Crippen molar-refractivity contribution in [3.8, 4) is 5.75 Å². The number of anilines is 1. The zero-order valence-electron chi connectivity index (χ0n) is 11.4. The number of carboxylic acid groups (broad SMARTS) is 1. The zero-order chi connectivity index (χ0) is 16.0. The first-order chi connectivity index (χ1) is 9.81. The highest BCUT2D eigenvalue weighted by molar-refractivity contribution is 5.94. The first kappa shape index (κ1) is 16.3. The van der Waals surface area contributed by atoms with Gasteiger partial charge in [0.2, 0.25) is 5.91 Å². The minimum absolute atomic E-state index is 0.0532. The molecule has 5 N–H and O–H groups in total. The van der Waals surface area contributed by atoms with Gasteiger partial charge in [0.05, 0.1) is 0 Å². The summed E-state index contributed by atoms with van der Waals surface area (Å²) in [5, 5.41) is 20.5. The number of nitrogens with zero attached hydrogens (tertiary/aromatic N) is 1. The summed E-state index contributed by atoms with van der Waals surface area (Å²) in [7, 11) is 1.45. The first-order valence-electron chi connectivity index (χ1n) is 6.15. The highest BCUT2D eigenvalue weighted by Crippen LogP contribution is 2.17. The van der Waals surface area contributed by atoms with Crippen molar-refractivity contribution in [2.75, 3.05) is 11.9 Å². The third kappa shape index (κ3) is 5.01. The van der Waals surface area contributed by atoms with E-state index in [1.165, 1.54) is 36.2 Å². The minimum Gasteiger partial charge on any atom is -0.508 e. The van der Waals surface area contributed by atoms with Crippen LogP contribution in [0.15, 0.2) is 24.3 Å². The Hall–Kier alpha value is -2.77. The van der Waals surface area contributed by atoms with Crippen LogP contribution in [0.25, 0.3) is 0 Å². The van der Waals surface area contributed by atoms with Crippen molar-refractivity contribution in [3.63, 3.8) is 0 Å². The van der Waals surface area contributed by atoms with E-state index in [9.17, 15) is 19.5 Å². The molecule has 21 heavy (non-hydrogen) atoms. The molecule has 0 spiro atoms. The molecule has 0 saturated heterocycles. The molecule has 1 unspecified atom stereocenters. The summed E-state index contributed by atoms with van der Waals surface area (Å²) in [5.41, 5.74) is 5.43. The van der Waals surface area contributed by atoms with Crippen molar-refractivity contribution in [3.05, 3.63) is 24.3 Å². The molecule has 1 aromatic carbocycles. The van der Waals surface area contributed by atoms with Crippen molar-refractivity contribution < 1.29 is 24.6 Å². The van der Waals surface area contributed by atoms with Crippen molar-refractivity contribution in [1.82, 2.24) is 5.32 Å². The van der Waals surface area contributed by atoms with Crippen LogP contribution in [0, 0.1) is 0 Å². The standard InChI is InChI=1S/C13H17N3O5/c1-16(8-2-4-9(17)5-3-8)13(21)15-10(12(19)20)6-7-11(14)18/h2-5,10,17H,6-7H2,1H3,(H2,14,18)(H,15,21)(H,19,20). The molecule has 8 nitrogen and oxygen atoms in total. The van der Waals surface area contributed by atoms with E-state index in [0.29, 0.717) is 5.69 Å². The molecule has 0 bridgehead atoms. The Balaban J connectivity index is 2.70. The lowest BCUT2D eigenvalue weighted by molar-refractivity contribution is -0.139. The van der Waals surface area contributed by atoms with Crippen LogP contribution in [0.2, 0.25) is 0 Å². The van der Waals surface area contributed by atoms with Gasteiger partial charge in [0.25, 0.3) is 0 Å². The molecule has 8 heteroatoms. The van der Waals surface area contributed by atoms with Gasteiger partial charge in [-0.3, -0.25) is 9.69 Å². The summed E-state index contributed by atoms with van der Waals surface area (Å²) >= 11 is 0. The number of phenolic OH excluding ortho intramolecular Hbond substituents is 1. The van der Waals surface area contributed by atoms with Crippen LogP contribution in [0.4, 0.5) is 10.5 Å². The van der Waals surface area contributed by atoms with E-state index in [-0.39, 0.29) is 18.6 Å². The highest BCUT2D eigenvalue weighted by Gasteiger charge is 2.22. The van der Waals surface area contributed by atoms with Crippen molar-refractivity contribution in [2.24, 2.45) is 5.73 Å². The van der Waals surface area contributed by atoms with Crippen molar-refractivity contribution in [1.29, 1.82) is 0 Å². The van der Waals surface area contributed by atoms with Gasteiger partial charge in [0.15, 0.2) is 0 Å². The van der Waals surface area contributed by atoms with Crippen molar-refractivity contribution >= 4 is 23.6 Å². The number of nitrogens with two attached hydrogens (primary N) is 1. The van der Waals surface area contributed by atoms with Crippen LogP contribution in [0.1, 0.15) is 12.8 Å². The Labute approximate surface area is 121 Å². The van der Waals surface area contributed by atoms with Gasteiger partial charge in [-0.25, -0.2) is 9.59 Å². The molecule has 0 heterocycles. The number of nitrogens with one attached hydrogen (secondary N) is 1. The third-order valence-electron chi connectivity index (χ3n) is 2.82. The van der Waals surface area contributed by atoms with E-state index in [2.05, 4.69) is 5.32 Å². The number of rotatable bonds is 6. The number of aromatic hydroxyl groups is 1. The monoisotopic (exact) mass is 295 g/mol. The fraction of sp³-hybridized carbons (Fsp3) is 0.308. The smallest absolute Gasteiger partial charge is 0.326 e. The second kappa shape index (κ2) is 7.13. The summed E-state index contributed by atoms with van der Waals surface area (Å²) in [5.74, 6) is -1.83. The molecule has 0 radical (unpaired) electrons. The van der Waals surface area contributed by atoms with E-state index in [1.807, 2.05) is 0 Å². The SMILES string of the molecule is CN(C(=O)NC(CCC(N)=O)C(=O)O)c1ccc(O)cc1. The number of phenols is 1. The lowest BCUT2D eigenvalue weighted by Gasteiger charge is -2.21. The largest absolute Gasteiger partial charge is 0.508 e. The maximum Gasteiger partial charge on any atom is 0.326 e. The van der Waals surface area contributed by atoms with Gasteiger partial charge in [-0.2, -0.15) is 0 Å². The molecular formula is C13H17N3O5. The van der Waals surface area contributed by atoms with E-state index in [1.54, 1.807) is 0 Å². The van der Waals surface area contributed by atoms with Crippen LogP contribution in [-0.2, 0) is 9.59 Å². The Kier molecular flexibility index (Phi) is 5.53. The number of hydrogen-bond donors (Lipinski definition) is 4. The molecule has 0 saturated carbocycles. The summed E-state index contributed by atoms with van der Waals surface area (Å²) < 4.78 is 0. The summed E-state index contributed by atoms with van der Waals surface area (Å²) in [6.07, 6.45) is -0.222. The number of carboxylic acids is 1. The molecule has 1 aromatic rings. The molecule has 0 aliphatic heterocycles. The van der Waals surface area contributed by atoms with Gasteiger partial charge < -0.3 is 21.3 Å². The summed E-state index contributed by atoms with van der Waals surface area (Å²) in [4.78, 5) is 34.9. The quantitative estimate of drug-likeness (QED) is 0.597. The van der Waals surface area contributed by atoms with Gasteiger partial charge in [0, 0.05) is 19.2 Å². The lowest BCUT2D eigenvalue weighted by Crippen LogP contribution is -2.47. The Morgan fingerprint density at radius 2 is 1.86 bits per heavy atom. The number of amides is 3. The zero-order valence-corrected chi connectivity index (χ0v) is 11.4. The number of carbonyl (C=O) groups excluding carboxylic acids is 2. The average molecular weight is 295 g/mol. The van der Waals surface area contributed by atoms with Gasteiger partial charge in [-0.15, -0.1) is 0 Å². The number of carbonyl (C=O) groups is 3. The Morgan fingerprint density at radius 1 is 1.29 bits per heavy atom. The highest BCUT2D eigenvalue weighted by atomic mass is 16.4. The Bertz CT molecular complexity index is 529. The maximum atomic E-state index is 12.0. The molecule has 1 rings (SSSR count). The molecule has 0 fully saturated rings. The number of primary amides is 1. The number of benzene rings is 1. The lowest BCUT2D eigenvalue weighted by atomic mass is 10.1. The molecule has 3 amide bonds. The topological polar surface area (TPSA) is 133 Å². The van der Waals surface area contributed by atoms with Crippen LogP contribution in [0.5, 0.6) is 5.75 Å². The molecule has 0 aliphatic rings. The molecule has 1 atom stereocenters. The van der Waals surface area contributed by atoms with Crippen LogP contribution in [0.3, 0.4) is 0 Å². The maximum absolute atomic E-state index is 12.0. The predicted octanol–water partition coefficient (Wildman–Crippen LogP) is 0.257. The number of aliphatic carboxylic acids is 1. The normalized spacial score (nSPS) is 11.5. The third-order valence-corrected chi connectivity index (χ3v) is 2.82. The summed E-state index contributed by atoms with van der Waals surface area (Å²) in [6, 6.07) is 3.98. The molecule has 114 valence electrons. The fourth-order valence-corrected chi connectivity index (χ4v) is 1.58. The van der Waals surface area contributed by atoms with E-state index >= 15 is 0 Å². The van der Waals surface area contributed by atoms with Crippen LogP contribution >= 0.6 is 0 Å². The Morgan fingerprint density at radius 3 is 2.33 bits per heavy atom. The average Bonchev–Trinajstić information content (AvgIpc) is 2.42. The molecule has 0 aromatic heterocycles. The predicted molar refractivity (Wildman–Crippen MR) is 74.9 cm³/mol. The van der Waals surface area contributed by atoms with Crippen LogP contribution in [-0.4, -0.2) is 41.2 Å². The van der Waals surface area contributed by atoms with E-state index in [0.717, 1.165) is 0 Å². The number of hydrogen-bond acceptors (Lipinski definition) is 4. The first-order valence-corrected chi connectivity index (χ1v) is 6.15. The second-order valence-corrected chi connectivity index (χ2v) is 4.42. The van der Waals surface area contributed by atoms with Gasteiger partial charge >= 0.3 is 12.0 Å².